The van der Waals surface area contributed by atoms with E-state index in [0.29, 0.717) is 0 Å². The summed E-state index contributed by atoms with van der Waals surface area (Å²) in [4.78, 5) is 2.28. The first-order chi connectivity index (χ1) is 7.83. The van der Waals surface area contributed by atoms with Crippen molar-refractivity contribution in [3.63, 3.8) is 0 Å². The van der Waals surface area contributed by atoms with Crippen LogP contribution in [0.5, 0.6) is 0 Å². The monoisotopic (exact) mass is 222 g/mol. The quantitative estimate of drug-likeness (QED) is 0.691. The average Bonchev–Trinajstić information content (AvgIpc) is 2.54. The standard InChI is InChI=1S/C13H22N2O/c14-10-11-6-4-5-9-15(11)12-7-2-1-3-8-13(12)16/h11-13,16H,1-9H2. The van der Waals surface area contributed by atoms with Gasteiger partial charge in [-0.1, -0.05) is 19.3 Å². The molecule has 90 valence electrons. The van der Waals surface area contributed by atoms with Crippen LogP contribution >= 0.6 is 0 Å². The Balaban J connectivity index is 2.05. The summed E-state index contributed by atoms with van der Waals surface area (Å²) >= 11 is 0. The topological polar surface area (TPSA) is 47.3 Å². The fraction of sp³-hybridized carbons (Fsp3) is 0.923. The lowest BCUT2D eigenvalue weighted by atomic mass is 9.96. The molecular weight excluding hydrogens is 200 g/mol. The normalized spacial score (nSPS) is 37.6. The molecule has 0 aromatic rings. The van der Waals surface area contributed by atoms with Crippen LogP contribution in [0.1, 0.15) is 51.4 Å². The highest BCUT2D eigenvalue weighted by molar-refractivity contribution is 4.98. The Kier molecular flexibility index (Phi) is 4.20. The first-order valence-corrected chi connectivity index (χ1v) is 6.66. The molecule has 1 N–H and O–H groups in total. The van der Waals surface area contributed by atoms with E-state index >= 15 is 0 Å². The average molecular weight is 222 g/mol. The van der Waals surface area contributed by atoms with E-state index in [1.54, 1.807) is 0 Å². The van der Waals surface area contributed by atoms with Crippen molar-refractivity contribution in [1.29, 1.82) is 5.26 Å². The summed E-state index contributed by atoms with van der Waals surface area (Å²) in [5.74, 6) is 0. The minimum absolute atomic E-state index is 0.0477. The van der Waals surface area contributed by atoms with Crippen LogP contribution in [0, 0.1) is 11.3 Å². The van der Waals surface area contributed by atoms with Crippen molar-refractivity contribution in [2.24, 2.45) is 0 Å². The maximum Gasteiger partial charge on any atom is 0.0981 e. The summed E-state index contributed by atoms with van der Waals surface area (Å²) in [6, 6.07) is 2.70. The first kappa shape index (κ1) is 11.9. The smallest absolute Gasteiger partial charge is 0.0981 e. The van der Waals surface area contributed by atoms with Crippen molar-refractivity contribution < 1.29 is 5.11 Å². The SMILES string of the molecule is N#CC1CCCCN1C1CCCCCC1O. The van der Waals surface area contributed by atoms with Crippen LogP contribution in [0.15, 0.2) is 0 Å². The van der Waals surface area contributed by atoms with Crippen molar-refractivity contribution in [3.8, 4) is 6.07 Å². The second kappa shape index (κ2) is 5.65. The summed E-state index contributed by atoms with van der Waals surface area (Å²) in [5.41, 5.74) is 0. The van der Waals surface area contributed by atoms with E-state index in [-0.39, 0.29) is 18.2 Å². The van der Waals surface area contributed by atoms with Crippen molar-refractivity contribution in [3.05, 3.63) is 0 Å². The van der Waals surface area contributed by atoms with Crippen molar-refractivity contribution in [1.82, 2.24) is 4.90 Å². The van der Waals surface area contributed by atoms with Crippen LogP contribution in [0.3, 0.4) is 0 Å². The maximum absolute atomic E-state index is 10.2. The summed E-state index contributed by atoms with van der Waals surface area (Å²) in [5, 5.41) is 19.3. The molecule has 1 aliphatic carbocycles. The lowest BCUT2D eigenvalue weighted by Crippen LogP contribution is -2.50. The predicted molar refractivity (Wildman–Crippen MR) is 62.8 cm³/mol. The van der Waals surface area contributed by atoms with Gasteiger partial charge in [0, 0.05) is 6.04 Å². The van der Waals surface area contributed by atoms with Gasteiger partial charge in [-0.3, -0.25) is 4.90 Å². The highest BCUT2D eigenvalue weighted by atomic mass is 16.3. The van der Waals surface area contributed by atoms with Crippen LogP contribution < -0.4 is 0 Å². The van der Waals surface area contributed by atoms with E-state index < -0.39 is 0 Å². The Hall–Kier alpha value is -0.590. The Morgan fingerprint density at radius 3 is 2.56 bits per heavy atom. The molecule has 3 heteroatoms. The number of aliphatic hydroxyl groups is 1. The molecule has 0 amide bonds. The van der Waals surface area contributed by atoms with Gasteiger partial charge >= 0.3 is 0 Å². The molecule has 16 heavy (non-hydrogen) atoms. The Bertz CT molecular complexity index is 261. The molecule has 3 nitrogen and oxygen atoms in total. The number of rotatable bonds is 1. The molecule has 1 saturated heterocycles. The zero-order valence-corrected chi connectivity index (χ0v) is 9.94. The molecule has 0 radical (unpaired) electrons. The van der Waals surface area contributed by atoms with E-state index in [4.69, 9.17) is 0 Å². The summed E-state index contributed by atoms with van der Waals surface area (Å²) in [7, 11) is 0. The van der Waals surface area contributed by atoms with Crippen LogP contribution in [-0.2, 0) is 0 Å². The van der Waals surface area contributed by atoms with Crippen molar-refractivity contribution >= 4 is 0 Å². The van der Waals surface area contributed by atoms with E-state index in [2.05, 4.69) is 11.0 Å². The van der Waals surface area contributed by atoms with Crippen molar-refractivity contribution in [2.75, 3.05) is 6.54 Å². The number of hydrogen-bond donors (Lipinski definition) is 1. The number of likely N-dealkylation sites (tertiary alicyclic amines) is 1. The van der Waals surface area contributed by atoms with Gasteiger partial charge in [-0.2, -0.15) is 5.26 Å². The van der Waals surface area contributed by atoms with E-state index in [9.17, 15) is 10.4 Å². The zero-order chi connectivity index (χ0) is 11.4. The third-order valence-electron chi connectivity index (χ3n) is 4.06. The Morgan fingerprint density at radius 2 is 1.75 bits per heavy atom. The highest BCUT2D eigenvalue weighted by Crippen LogP contribution is 2.27. The number of hydrogen-bond acceptors (Lipinski definition) is 3. The molecule has 0 aromatic heterocycles. The van der Waals surface area contributed by atoms with Crippen LogP contribution in [0.25, 0.3) is 0 Å². The van der Waals surface area contributed by atoms with Gasteiger partial charge in [0.2, 0.25) is 0 Å². The summed E-state index contributed by atoms with van der Waals surface area (Å²) < 4.78 is 0. The predicted octanol–water partition coefficient (Wildman–Crippen LogP) is 2.06. The molecule has 2 rings (SSSR count). The largest absolute Gasteiger partial charge is 0.391 e. The van der Waals surface area contributed by atoms with Gasteiger partial charge in [0.25, 0.3) is 0 Å². The molecule has 2 aliphatic rings. The molecule has 0 bridgehead atoms. The van der Waals surface area contributed by atoms with Gasteiger partial charge in [0.1, 0.15) is 0 Å². The minimum Gasteiger partial charge on any atom is -0.391 e. The van der Waals surface area contributed by atoms with Gasteiger partial charge in [-0.25, -0.2) is 0 Å². The van der Waals surface area contributed by atoms with Gasteiger partial charge in [-0.05, 0) is 38.6 Å². The van der Waals surface area contributed by atoms with E-state index in [1.165, 1.54) is 19.3 Å². The molecule has 1 heterocycles. The van der Waals surface area contributed by atoms with Gasteiger partial charge in [0.15, 0.2) is 0 Å². The third-order valence-corrected chi connectivity index (χ3v) is 4.06. The number of nitrogens with zero attached hydrogens (tertiary/aromatic N) is 2. The van der Waals surface area contributed by atoms with Gasteiger partial charge in [-0.15, -0.1) is 0 Å². The molecule has 1 aliphatic heterocycles. The third kappa shape index (κ3) is 2.56. The second-order valence-electron chi connectivity index (χ2n) is 5.15. The summed E-state index contributed by atoms with van der Waals surface area (Å²) in [6.07, 6.45) is 8.69. The Morgan fingerprint density at radius 1 is 1.00 bits per heavy atom. The van der Waals surface area contributed by atoms with Gasteiger partial charge < -0.3 is 5.11 Å². The second-order valence-corrected chi connectivity index (χ2v) is 5.15. The fourth-order valence-electron chi connectivity index (χ4n) is 3.14. The van der Waals surface area contributed by atoms with Crippen molar-refractivity contribution in [2.45, 2.75) is 69.6 Å². The van der Waals surface area contributed by atoms with Crippen LogP contribution in [0.4, 0.5) is 0 Å². The molecular formula is C13H22N2O. The highest BCUT2D eigenvalue weighted by Gasteiger charge is 2.33. The van der Waals surface area contributed by atoms with Crippen LogP contribution in [0.2, 0.25) is 0 Å². The van der Waals surface area contributed by atoms with E-state index in [0.717, 1.165) is 38.6 Å². The fourth-order valence-corrected chi connectivity index (χ4v) is 3.14. The lowest BCUT2D eigenvalue weighted by molar-refractivity contribution is 0.0182. The Labute approximate surface area is 98.1 Å². The zero-order valence-electron chi connectivity index (χ0n) is 9.94. The van der Waals surface area contributed by atoms with Gasteiger partial charge in [0.05, 0.1) is 18.2 Å². The number of piperidine rings is 1. The minimum atomic E-state index is -0.212. The lowest BCUT2D eigenvalue weighted by Gasteiger charge is -2.39. The first-order valence-electron chi connectivity index (χ1n) is 6.66. The number of nitriles is 1. The summed E-state index contributed by atoms with van der Waals surface area (Å²) in [6.45, 7) is 1.000. The van der Waals surface area contributed by atoms with E-state index in [1.807, 2.05) is 0 Å². The molecule has 0 spiro atoms. The molecule has 0 aromatic carbocycles. The van der Waals surface area contributed by atoms with Crippen LogP contribution in [-0.4, -0.2) is 34.7 Å². The molecule has 1 saturated carbocycles. The molecule has 3 atom stereocenters. The molecule has 2 fully saturated rings. The maximum atomic E-state index is 10.2. The molecule has 3 unspecified atom stereocenters. The number of aliphatic hydroxyl groups excluding tert-OH is 1.